The second-order valence-electron chi connectivity index (χ2n) is 6.07. The second kappa shape index (κ2) is 5.84. The Bertz CT molecular complexity index is 1140. The number of aromatic hydroxyl groups is 1. The summed E-state index contributed by atoms with van der Waals surface area (Å²) in [5, 5.41) is 14.3. The first kappa shape index (κ1) is 16.1. The molecule has 4 rings (SSSR count). The number of hydrogen-bond acceptors (Lipinski definition) is 4. The molecule has 26 heavy (non-hydrogen) atoms. The van der Waals surface area contributed by atoms with E-state index < -0.39 is 11.6 Å². The Kier molecular flexibility index (Phi) is 3.61. The highest BCUT2D eigenvalue weighted by Crippen LogP contribution is 2.38. The van der Waals surface area contributed by atoms with Crippen LogP contribution in [0.1, 0.15) is 21.8 Å². The highest BCUT2D eigenvalue weighted by Gasteiger charge is 2.24. The molecule has 0 aliphatic heterocycles. The number of nitrogens with zero attached hydrogens (tertiary/aromatic N) is 2. The first-order valence-electron chi connectivity index (χ1n) is 8.03. The molecule has 0 unspecified atom stereocenters. The maximum absolute atomic E-state index is 14.0. The van der Waals surface area contributed by atoms with Crippen LogP contribution in [0.15, 0.2) is 47.0 Å². The van der Waals surface area contributed by atoms with E-state index in [2.05, 4.69) is 5.16 Å². The highest BCUT2D eigenvalue weighted by molar-refractivity contribution is 6.06. The van der Waals surface area contributed by atoms with Gasteiger partial charge in [0.15, 0.2) is 17.9 Å². The van der Waals surface area contributed by atoms with Gasteiger partial charge in [0.1, 0.15) is 5.76 Å². The third-order valence-corrected chi connectivity index (χ3v) is 4.49. The van der Waals surface area contributed by atoms with Gasteiger partial charge in [-0.3, -0.25) is 4.79 Å². The lowest BCUT2D eigenvalue weighted by atomic mass is 10.0. The van der Waals surface area contributed by atoms with Crippen LogP contribution in [-0.2, 0) is 0 Å². The van der Waals surface area contributed by atoms with Crippen molar-refractivity contribution < 1.29 is 18.8 Å². The van der Waals surface area contributed by atoms with E-state index in [9.17, 15) is 14.3 Å². The Balaban J connectivity index is 2.19. The van der Waals surface area contributed by atoms with Crippen LogP contribution in [0.25, 0.3) is 27.8 Å². The van der Waals surface area contributed by atoms with Gasteiger partial charge >= 0.3 is 0 Å². The van der Waals surface area contributed by atoms with Gasteiger partial charge in [0.25, 0.3) is 0 Å². The molecule has 2 aromatic carbocycles. The Hall–Kier alpha value is -3.41. The first-order valence-corrected chi connectivity index (χ1v) is 8.03. The van der Waals surface area contributed by atoms with Crippen molar-refractivity contribution in [3.05, 3.63) is 65.3 Å². The smallest absolute Gasteiger partial charge is 0.166 e. The number of phenols is 1. The lowest BCUT2D eigenvalue weighted by molar-refractivity contribution is 0.112. The second-order valence-corrected chi connectivity index (χ2v) is 6.07. The Labute approximate surface area is 148 Å². The maximum atomic E-state index is 14.0. The molecule has 0 saturated heterocycles. The van der Waals surface area contributed by atoms with Crippen molar-refractivity contribution in [3.8, 4) is 22.7 Å². The molecule has 0 atom stereocenters. The Morgan fingerprint density at radius 1 is 1.19 bits per heavy atom. The zero-order valence-corrected chi connectivity index (χ0v) is 14.2. The summed E-state index contributed by atoms with van der Waals surface area (Å²) in [4.78, 5) is 11.9. The molecule has 0 bridgehead atoms. The number of benzene rings is 2. The molecule has 0 aliphatic rings. The molecule has 130 valence electrons. The predicted molar refractivity (Wildman–Crippen MR) is 95.3 cm³/mol. The number of aryl methyl sites for hydroxylation is 2. The summed E-state index contributed by atoms with van der Waals surface area (Å²) in [6.45, 7) is 3.56. The number of aldehydes is 1. The molecule has 5 nitrogen and oxygen atoms in total. The fraction of sp³-hybridized carbons (Fsp3) is 0.100. The van der Waals surface area contributed by atoms with E-state index in [0.717, 1.165) is 17.2 Å². The van der Waals surface area contributed by atoms with Gasteiger partial charge in [-0.2, -0.15) is 0 Å². The monoisotopic (exact) mass is 350 g/mol. The van der Waals surface area contributed by atoms with Crippen LogP contribution < -0.4 is 0 Å². The van der Waals surface area contributed by atoms with Crippen LogP contribution >= 0.6 is 0 Å². The quantitative estimate of drug-likeness (QED) is 0.550. The molecular weight excluding hydrogens is 335 g/mol. The van der Waals surface area contributed by atoms with Gasteiger partial charge in [0.2, 0.25) is 0 Å². The van der Waals surface area contributed by atoms with E-state index in [1.165, 1.54) is 12.1 Å². The Morgan fingerprint density at radius 3 is 2.62 bits per heavy atom. The van der Waals surface area contributed by atoms with Gasteiger partial charge in [0, 0.05) is 22.7 Å². The number of para-hydroxylation sites is 1. The van der Waals surface area contributed by atoms with Crippen LogP contribution in [0.2, 0.25) is 0 Å². The topological polar surface area (TPSA) is 68.3 Å². The summed E-state index contributed by atoms with van der Waals surface area (Å²) in [6, 6.07) is 11.5. The van der Waals surface area contributed by atoms with E-state index in [4.69, 9.17) is 4.52 Å². The lowest BCUT2D eigenvalue weighted by Gasteiger charge is -2.12. The molecule has 6 heteroatoms. The van der Waals surface area contributed by atoms with Crippen molar-refractivity contribution in [3.63, 3.8) is 0 Å². The van der Waals surface area contributed by atoms with Gasteiger partial charge in [-0.25, -0.2) is 4.39 Å². The third-order valence-electron chi connectivity index (χ3n) is 4.49. The lowest BCUT2D eigenvalue weighted by Crippen LogP contribution is -2.00. The van der Waals surface area contributed by atoms with E-state index in [1.807, 2.05) is 24.3 Å². The van der Waals surface area contributed by atoms with Crippen molar-refractivity contribution in [2.45, 2.75) is 13.8 Å². The number of fused-ring (bicyclic) bond motifs is 1. The van der Waals surface area contributed by atoms with E-state index in [1.54, 1.807) is 24.5 Å². The van der Waals surface area contributed by atoms with E-state index in [-0.39, 0.29) is 0 Å². The molecule has 0 spiro atoms. The van der Waals surface area contributed by atoms with Crippen LogP contribution in [0.3, 0.4) is 0 Å². The fourth-order valence-corrected chi connectivity index (χ4v) is 3.35. The molecule has 0 amide bonds. The third kappa shape index (κ3) is 2.23. The van der Waals surface area contributed by atoms with E-state index >= 15 is 0 Å². The largest absolute Gasteiger partial charge is 0.505 e. The molecular formula is C20H15FN2O3. The predicted octanol–water partition coefficient (Wildman–Crippen LogP) is 4.56. The van der Waals surface area contributed by atoms with Gasteiger partial charge in [0.05, 0.1) is 22.5 Å². The number of phenolic OH excluding ortho intramolecular Hbond substituents is 1. The summed E-state index contributed by atoms with van der Waals surface area (Å²) >= 11 is 0. The van der Waals surface area contributed by atoms with Crippen LogP contribution in [0, 0.1) is 19.7 Å². The summed E-state index contributed by atoms with van der Waals surface area (Å²) in [5.41, 5.74) is 3.62. The molecule has 0 radical (unpaired) electrons. The number of rotatable bonds is 3. The maximum Gasteiger partial charge on any atom is 0.166 e. The normalized spacial score (nSPS) is 11.2. The number of hydrogen-bond donors (Lipinski definition) is 1. The fourth-order valence-electron chi connectivity index (χ4n) is 3.35. The molecule has 4 aromatic rings. The summed E-state index contributed by atoms with van der Waals surface area (Å²) in [6.07, 6.45) is 0.789. The minimum absolute atomic E-state index is 0.431. The number of carbonyl (C=O) groups is 1. The van der Waals surface area contributed by atoms with Gasteiger partial charge in [-0.05, 0) is 32.0 Å². The molecule has 0 fully saturated rings. The number of aromatic nitrogens is 2. The van der Waals surface area contributed by atoms with Crippen LogP contribution in [-0.4, -0.2) is 21.1 Å². The standard InChI is InChI=1S/C20H15FN2O3/c1-11-19(12(2)26-22-11)20-15(10-24)14-5-3-4-6-17(14)23(20)13-7-8-18(25)16(21)9-13/h3-10,25H,1-2H3. The summed E-state index contributed by atoms with van der Waals surface area (Å²) < 4.78 is 21.1. The van der Waals surface area contributed by atoms with Crippen molar-refractivity contribution in [2.75, 3.05) is 0 Å². The molecule has 0 saturated carbocycles. The molecule has 0 aliphatic carbocycles. The zero-order valence-electron chi connectivity index (χ0n) is 14.2. The average molecular weight is 350 g/mol. The first-order chi connectivity index (χ1) is 12.5. The van der Waals surface area contributed by atoms with Crippen molar-refractivity contribution >= 4 is 17.2 Å². The van der Waals surface area contributed by atoms with Crippen molar-refractivity contribution in [1.82, 2.24) is 9.72 Å². The van der Waals surface area contributed by atoms with Gasteiger partial charge < -0.3 is 14.2 Å². The van der Waals surface area contributed by atoms with Crippen LogP contribution in [0.4, 0.5) is 4.39 Å². The minimum Gasteiger partial charge on any atom is -0.505 e. The summed E-state index contributed by atoms with van der Waals surface area (Å²) in [5.74, 6) is -0.605. The Morgan fingerprint density at radius 2 is 1.96 bits per heavy atom. The zero-order chi connectivity index (χ0) is 18.4. The number of halogens is 1. The highest BCUT2D eigenvalue weighted by atomic mass is 19.1. The summed E-state index contributed by atoms with van der Waals surface area (Å²) in [7, 11) is 0. The minimum atomic E-state index is -0.738. The molecule has 2 heterocycles. The van der Waals surface area contributed by atoms with Crippen LogP contribution in [0.5, 0.6) is 5.75 Å². The average Bonchev–Trinajstić information content (AvgIpc) is 3.13. The van der Waals surface area contributed by atoms with Crippen molar-refractivity contribution in [1.29, 1.82) is 0 Å². The van der Waals surface area contributed by atoms with Gasteiger partial charge in [-0.15, -0.1) is 0 Å². The van der Waals surface area contributed by atoms with Gasteiger partial charge in [-0.1, -0.05) is 23.4 Å². The SMILES string of the molecule is Cc1noc(C)c1-c1c(C=O)c2ccccc2n1-c1ccc(O)c(F)c1. The number of carbonyl (C=O) groups excluding carboxylic acids is 1. The van der Waals surface area contributed by atoms with Crippen molar-refractivity contribution in [2.24, 2.45) is 0 Å². The van der Waals surface area contributed by atoms with E-state index in [0.29, 0.717) is 34.0 Å². The molecule has 2 aromatic heterocycles. The molecule has 1 N–H and O–H groups in total.